The molecule has 1 saturated carbocycles. The second-order valence-electron chi connectivity index (χ2n) is 8.83. The number of rotatable bonds is 4. The minimum absolute atomic E-state index is 0.453. The fourth-order valence-corrected chi connectivity index (χ4v) is 6.28. The minimum atomic E-state index is -0.761. The van der Waals surface area contributed by atoms with Crippen LogP contribution < -0.4 is 5.32 Å². The summed E-state index contributed by atoms with van der Waals surface area (Å²) in [6.07, 6.45) is 13.8. The van der Waals surface area contributed by atoms with Gasteiger partial charge in [-0.25, -0.2) is 9.97 Å². The summed E-state index contributed by atoms with van der Waals surface area (Å²) in [5.41, 5.74) is 2.20. The van der Waals surface area contributed by atoms with Gasteiger partial charge in [0.15, 0.2) is 0 Å². The van der Waals surface area contributed by atoms with Crippen LogP contribution in [0.25, 0.3) is 21.9 Å². The van der Waals surface area contributed by atoms with Crippen LogP contribution in [0.5, 0.6) is 0 Å². The van der Waals surface area contributed by atoms with E-state index in [-0.39, 0.29) is 0 Å². The Bertz CT molecular complexity index is 1260. The van der Waals surface area contributed by atoms with Gasteiger partial charge in [0, 0.05) is 41.0 Å². The Kier molecular flexibility index (Phi) is 4.99. The molecule has 1 aliphatic carbocycles. The van der Waals surface area contributed by atoms with Crippen molar-refractivity contribution in [2.24, 2.45) is 0 Å². The van der Waals surface area contributed by atoms with Gasteiger partial charge in [-0.1, -0.05) is 18.9 Å². The Morgan fingerprint density at radius 2 is 1.84 bits per heavy atom. The van der Waals surface area contributed by atoms with Gasteiger partial charge in [-0.2, -0.15) is 16.7 Å². The van der Waals surface area contributed by atoms with E-state index in [9.17, 15) is 5.11 Å². The van der Waals surface area contributed by atoms with Gasteiger partial charge in [-0.3, -0.25) is 4.98 Å². The van der Waals surface area contributed by atoms with E-state index in [1.807, 2.05) is 48.6 Å². The highest BCUT2D eigenvalue weighted by Crippen LogP contribution is 2.38. The van der Waals surface area contributed by atoms with Gasteiger partial charge in [-0.15, -0.1) is 0 Å². The Morgan fingerprint density at radius 3 is 2.62 bits per heavy atom. The molecule has 4 aromatic rings. The lowest BCUT2D eigenvalue weighted by molar-refractivity contribution is 0.0278. The second kappa shape index (κ2) is 8.01. The van der Waals surface area contributed by atoms with Gasteiger partial charge in [0.2, 0.25) is 5.95 Å². The first-order valence-electron chi connectivity index (χ1n) is 11.4. The van der Waals surface area contributed by atoms with E-state index in [4.69, 9.17) is 4.98 Å². The van der Waals surface area contributed by atoms with E-state index >= 15 is 0 Å². The standard InChI is InChI=1S/C24H26N6OS/c31-24(8-11-32-12-9-24)16-5-6-21(26-13-16)28-23-27-14-19-18-7-10-25-15-20(18)30(22(19)29-23)17-3-1-2-4-17/h5-7,10,13-15,17,31H,1-4,8-9,11-12H2,(H,26,27,28,29). The molecular formula is C24H26N6OS. The quantitative estimate of drug-likeness (QED) is 0.459. The van der Waals surface area contributed by atoms with E-state index in [1.165, 1.54) is 25.7 Å². The molecule has 2 N–H and O–H groups in total. The number of nitrogens with zero attached hydrogens (tertiary/aromatic N) is 5. The van der Waals surface area contributed by atoms with Crippen molar-refractivity contribution in [3.8, 4) is 0 Å². The van der Waals surface area contributed by atoms with Crippen LogP contribution in [-0.4, -0.2) is 41.1 Å². The number of aromatic nitrogens is 5. The predicted molar refractivity (Wildman–Crippen MR) is 128 cm³/mol. The lowest BCUT2D eigenvalue weighted by Gasteiger charge is -2.31. The summed E-state index contributed by atoms with van der Waals surface area (Å²) in [6.45, 7) is 0. The summed E-state index contributed by atoms with van der Waals surface area (Å²) in [5.74, 6) is 3.16. The highest BCUT2D eigenvalue weighted by Gasteiger charge is 2.31. The third-order valence-corrected chi connectivity index (χ3v) is 7.88. The van der Waals surface area contributed by atoms with Crippen LogP contribution in [0.1, 0.15) is 50.1 Å². The molecule has 0 bridgehead atoms. The maximum absolute atomic E-state index is 10.9. The number of pyridine rings is 2. The second-order valence-corrected chi connectivity index (χ2v) is 10.1. The van der Waals surface area contributed by atoms with Crippen LogP contribution in [0.4, 0.5) is 11.8 Å². The molecule has 0 amide bonds. The molecule has 2 fully saturated rings. The molecule has 4 aromatic heterocycles. The fourth-order valence-electron chi connectivity index (χ4n) is 5.11. The number of anilines is 2. The molecule has 8 heteroatoms. The molecular weight excluding hydrogens is 420 g/mol. The Morgan fingerprint density at radius 1 is 1.00 bits per heavy atom. The molecule has 0 aromatic carbocycles. The lowest BCUT2D eigenvalue weighted by atomic mass is 9.89. The zero-order valence-electron chi connectivity index (χ0n) is 17.9. The third kappa shape index (κ3) is 3.42. The Balaban J connectivity index is 1.34. The van der Waals surface area contributed by atoms with Crippen LogP contribution in [0.3, 0.4) is 0 Å². The highest BCUT2D eigenvalue weighted by molar-refractivity contribution is 7.99. The maximum atomic E-state index is 10.9. The number of fused-ring (bicyclic) bond motifs is 3. The van der Waals surface area contributed by atoms with E-state index in [0.29, 0.717) is 17.8 Å². The first kappa shape index (κ1) is 19.9. The van der Waals surface area contributed by atoms with Crippen molar-refractivity contribution >= 4 is 45.5 Å². The zero-order valence-corrected chi connectivity index (χ0v) is 18.7. The molecule has 0 unspecified atom stereocenters. The number of aliphatic hydroxyl groups is 1. The molecule has 7 nitrogen and oxygen atoms in total. The molecule has 32 heavy (non-hydrogen) atoms. The van der Waals surface area contributed by atoms with Crippen molar-refractivity contribution in [3.63, 3.8) is 0 Å². The molecule has 2 aliphatic rings. The predicted octanol–water partition coefficient (Wildman–Crippen LogP) is 4.95. The van der Waals surface area contributed by atoms with Gasteiger partial charge in [0.1, 0.15) is 11.5 Å². The summed E-state index contributed by atoms with van der Waals surface area (Å²) < 4.78 is 2.35. The van der Waals surface area contributed by atoms with Crippen LogP contribution >= 0.6 is 11.8 Å². The van der Waals surface area contributed by atoms with Crippen molar-refractivity contribution in [1.29, 1.82) is 0 Å². The number of thioether (sulfide) groups is 1. The first-order chi connectivity index (χ1) is 15.7. The molecule has 0 radical (unpaired) electrons. The van der Waals surface area contributed by atoms with Crippen molar-refractivity contribution in [1.82, 2.24) is 24.5 Å². The largest absolute Gasteiger partial charge is 0.385 e. The average molecular weight is 447 g/mol. The Labute approximate surface area is 190 Å². The topological polar surface area (TPSA) is 88.8 Å². The molecule has 6 rings (SSSR count). The lowest BCUT2D eigenvalue weighted by Crippen LogP contribution is -2.30. The van der Waals surface area contributed by atoms with Gasteiger partial charge in [0.25, 0.3) is 0 Å². The molecule has 1 saturated heterocycles. The van der Waals surface area contributed by atoms with E-state index in [2.05, 4.69) is 24.8 Å². The maximum Gasteiger partial charge on any atom is 0.230 e. The number of hydrogen-bond acceptors (Lipinski definition) is 7. The summed E-state index contributed by atoms with van der Waals surface area (Å²) in [6, 6.07) is 6.37. The van der Waals surface area contributed by atoms with E-state index in [1.54, 1.807) is 6.20 Å². The van der Waals surface area contributed by atoms with Gasteiger partial charge in [0.05, 0.1) is 17.3 Å². The van der Waals surface area contributed by atoms with Crippen LogP contribution in [0.2, 0.25) is 0 Å². The Hall–Kier alpha value is -2.71. The summed E-state index contributed by atoms with van der Waals surface area (Å²) >= 11 is 1.89. The molecule has 5 heterocycles. The smallest absolute Gasteiger partial charge is 0.230 e. The van der Waals surface area contributed by atoms with Crippen molar-refractivity contribution in [3.05, 3.63) is 48.5 Å². The van der Waals surface area contributed by atoms with Gasteiger partial charge in [-0.05, 0) is 49.3 Å². The first-order valence-corrected chi connectivity index (χ1v) is 12.5. The summed E-state index contributed by atoms with van der Waals surface area (Å²) in [7, 11) is 0. The summed E-state index contributed by atoms with van der Waals surface area (Å²) in [5, 5.41) is 16.4. The van der Waals surface area contributed by atoms with Crippen molar-refractivity contribution in [2.75, 3.05) is 16.8 Å². The number of hydrogen-bond donors (Lipinski definition) is 2. The van der Waals surface area contributed by atoms with Crippen molar-refractivity contribution in [2.45, 2.75) is 50.2 Å². The van der Waals surface area contributed by atoms with Gasteiger partial charge >= 0.3 is 0 Å². The third-order valence-electron chi connectivity index (χ3n) is 6.90. The number of nitrogens with one attached hydrogen (secondary N) is 1. The molecule has 164 valence electrons. The summed E-state index contributed by atoms with van der Waals surface area (Å²) in [4.78, 5) is 18.4. The van der Waals surface area contributed by atoms with Gasteiger partial charge < -0.3 is 15.0 Å². The normalized spacial score (nSPS) is 19.0. The minimum Gasteiger partial charge on any atom is -0.385 e. The monoisotopic (exact) mass is 446 g/mol. The van der Waals surface area contributed by atoms with Crippen LogP contribution in [0.15, 0.2) is 43.0 Å². The van der Waals surface area contributed by atoms with Crippen LogP contribution in [0, 0.1) is 0 Å². The van der Waals surface area contributed by atoms with Crippen molar-refractivity contribution < 1.29 is 5.11 Å². The van der Waals surface area contributed by atoms with E-state index in [0.717, 1.165) is 51.8 Å². The SMILES string of the molecule is OC1(c2ccc(Nc3ncc4c5ccncc5n(C5CCCC5)c4n3)nc2)CCSCC1. The molecule has 0 spiro atoms. The average Bonchev–Trinajstić information content (AvgIpc) is 3.46. The molecule has 0 atom stereocenters. The highest BCUT2D eigenvalue weighted by atomic mass is 32.2. The zero-order chi connectivity index (χ0) is 21.5. The van der Waals surface area contributed by atoms with Crippen LogP contribution in [-0.2, 0) is 5.60 Å². The molecule has 1 aliphatic heterocycles. The fraction of sp³-hybridized carbons (Fsp3) is 0.417. The van der Waals surface area contributed by atoms with E-state index < -0.39 is 5.60 Å².